The Labute approximate surface area is 95.8 Å². The first-order chi connectivity index (χ1) is 7.59. The van der Waals surface area contributed by atoms with Gasteiger partial charge in [0.2, 0.25) is 5.91 Å². The first-order valence-electron chi connectivity index (χ1n) is 5.59. The van der Waals surface area contributed by atoms with Crippen molar-refractivity contribution in [1.29, 1.82) is 0 Å². The van der Waals surface area contributed by atoms with Gasteiger partial charge in [-0.05, 0) is 5.92 Å². The molecule has 16 heavy (non-hydrogen) atoms. The number of aromatic nitrogens is 2. The SMILES string of the molecule is CC(C)C(N)CC(=O)NCCc1cnc[nH]1. The van der Waals surface area contributed by atoms with Crippen molar-refractivity contribution < 1.29 is 4.79 Å². The van der Waals surface area contributed by atoms with Gasteiger partial charge in [0.25, 0.3) is 0 Å². The summed E-state index contributed by atoms with van der Waals surface area (Å²) in [4.78, 5) is 18.4. The highest BCUT2D eigenvalue weighted by atomic mass is 16.1. The molecule has 1 rings (SSSR count). The van der Waals surface area contributed by atoms with Crippen molar-refractivity contribution in [3.8, 4) is 0 Å². The van der Waals surface area contributed by atoms with Gasteiger partial charge < -0.3 is 16.0 Å². The van der Waals surface area contributed by atoms with Crippen molar-refractivity contribution in [2.24, 2.45) is 11.7 Å². The highest BCUT2D eigenvalue weighted by molar-refractivity contribution is 5.76. The molecule has 1 aromatic rings. The van der Waals surface area contributed by atoms with Crippen LogP contribution in [0.1, 0.15) is 26.0 Å². The molecule has 0 spiro atoms. The smallest absolute Gasteiger partial charge is 0.221 e. The standard InChI is InChI=1S/C11H20N4O/c1-8(2)10(12)5-11(16)14-4-3-9-6-13-7-15-9/h6-8,10H,3-5,12H2,1-2H3,(H,13,15)(H,14,16). The summed E-state index contributed by atoms with van der Waals surface area (Å²) in [6.45, 7) is 4.65. The number of amides is 1. The number of imidazole rings is 1. The Hall–Kier alpha value is -1.36. The van der Waals surface area contributed by atoms with Crippen molar-refractivity contribution in [3.63, 3.8) is 0 Å². The van der Waals surface area contributed by atoms with Gasteiger partial charge in [-0.15, -0.1) is 0 Å². The van der Waals surface area contributed by atoms with Crippen LogP contribution in [0.25, 0.3) is 0 Å². The number of carbonyl (C=O) groups excluding carboxylic acids is 1. The molecule has 0 saturated heterocycles. The molecule has 1 amide bonds. The normalized spacial score (nSPS) is 12.8. The second-order valence-corrected chi connectivity index (χ2v) is 4.29. The Bertz CT molecular complexity index is 308. The summed E-state index contributed by atoms with van der Waals surface area (Å²) in [7, 11) is 0. The van der Waals surface area contributed by atoms with Gasteiger partial charge in [0.05, 0.1) is 6.33 Å². The van der Waals surface area contributed by atoms with Crippen LogP contribution in [-0.2, 0) is 11.2 Å². The fourth-order valence-corrected chi connectivity index (χ4v) is 1.28. The lowest BCUT2D eigenvalue weighted by Crippen LogP contribution is -2.35. The van der Waals surface area contributed by atoms with Crippen LogP contribution in [0.2, 0.25) is 0 Å². The number of nitrogens with one attached hydrogen (secondary N) is 2. The summed E-state index contributed by atoms with van der Waals surface area (Å²) in [5.41, 5.74) is 6.83. The van der Waals surface area contributed by atoms with Gasteiger partial charge >= 0.3 is 0 Å². The van der Waals surface area contributed by atoms with E-state index in [1.807, 2.05) is 13.8 Å². The molecule has 0 aliphatic carbocycles. The summed E-state index contributed by atoms with van der Waals surface area (Å²) in [5, 5.41) is 2.84. The minimum Gasteiger partial charge on any atom is -0.356 e. The zero-order chi connectivity index (χ0) is 12.0. The van der Waals surface area contributed by atoms with E-state index in [0.29, 0.717) is 18.9 Å². The van der Waals surface area contributed by atoms with Crippen LogP contribution in [0, 0.1) is 5.92 Å². The van der Waals surface area contributed by atoms with Crippen molar-refractivity contribution in [2.75, 3.05) is 6.54 Å². The minimum atomic E-state index is -0.0628. The first kappa shape index (κ1) is 12.7. The molecule has 5 heteroatoms. The monoisotopic (exact) mass is 224 g/mol. The summed E-state index contributed by atoms with van der Waals surface area (Å²) in [6.07, 6.45) is 4.54. The van der Waals surface area contributed by atoms with Crippen molar-refractivity contribution in [1.82, 2.24) is 15.3 Å². The number of carbonyl (C=O) groups is 1. The Morgan fingerprint density at radius 2 is 2.38 bits per heavy atom. The Morgan fingerprint density at radius 3 is 2.94 bits per heavy atom. The molecule has 0 aromatic carbocycles. The van der Waals surface area contributed by atoms with E-state index in [-0.39, 0.29) is 11.9 Å². The number of hydrogen-bond donors (Lipinski definition) is 3. The molecule has 0 aliphatic heterocycles. The predicted octanol–water partition coefficient (Wildman–Crippen LogP) is 0.442. The predicted molar refractivity (Wildman–Crippen MR) is 62.7 cm³/mol. The number of rotatable bonds is 6. The number of H-pyrrole nitrogens is 1. The van der Waals surface area contributed by atoms with E-state index in [1.165, 1.54) is 0 Å². The molecule has 0 aliphatic rings. The lowest BCUT2D eigenvalue weighted by molar-refractivity contribution is -0.121. The van der Waals surface area contributed by atoms with Crippen LogP contribution in [0.4, 0.5) is 0 Å². The van der Waals surface area contributed by atoms with Gasteiger partial charge in [-0.25, -0.2) is 4.98 Å². The van der Waals surface area contributed by atoms with Crippen LogP contribution < -0.4 is 11.1 Å². The topological polar surface area (TPSA) is 83.8 Å². The third kappa shape index (κ3) is 4.44. The van der Waals surface area contributed by atoms with Crippen LogP contribution in [0.15, 0.2) is 12.5 Å². The van der Waals surface area contributed by atoms with E-state index in [4.69, 9.17) is 5.73 Å². The van der Waals surface area contributed by atoms with Gasteiger partial charge in [-0.3, -0.25) is 4.79 Å². The third-order valence-corrected chi connectivity index (χ3v) is 2.55. The molecule has 0 radical (unpaired) electrons. The lowest BCUT2D eigenvalue weighted by Gasteiger charge is -2.14. The maximum absolute atomic E-state index is 11.5. The van der Waals surface area contributed by atoms with E-state index in [0.717, 1.165) is 12.1 Å². The average molecular weight is 224 g/mol. The van der Waals surface area contributed by atoms with Gasteiger partial charge in [0.15, 0.2) is 0 Å². The summed E-state index contributed by atoms with van der Waals surface area (Å²) in [5.74, 6) is 0.346. The number of aromatic amines is 1. The molecule has 1 aromatic heterocycles. The molecule has 1 heterocycles. The fraction of sp³-hybridized carbons (Fsp3) is 0.636. The van der Waals surface area contributed by atoms with Crippen molar-refractivity contribution in [3.05, 3.63) is 18.2 Å². The Balaban J connectivity index is 2.15. The summed E-state index contributed by atoms with van der Waals surface area (Å²) < 4.78 is 0. The summed E-state index contributed by atoms with van der Waals surface area (Å²) in [6, 6.07) is -0.0628. The Morgan fingerprint density at radius 1 is 1.62 bits per heavy atom. The van der Waals surface area contributed by atoms with E-state index in [1.54, 1.807) is 12.5 Å². The van der Waals surface area contributed by atoms with E-state index >= 15 is 0 Å². The molecule has 0 fully saturated rings. The molecule has 4 N–H and O–H groups in total. The van der Waals surface area contributed by atoms with Crippen molar-refractivity contribution >= 4 is 5.91 Å². The van der Waals surface area contributed by atoms with E-state index < -0.39 is 0 Å². The van der Waals surface area contributed by atoms with E-state index in [2.05, 4.69) is 15.3 Å². The number of nitrogens with zero attached hydrogens (tertiary/aromatic N) is 1. The second-order valence-electron chi connectivity index (χ2n) is 4.29. The number of hydrogen-bond acceptors (Lipinski definition) is 3. The van der Waals surface area contributed by atoms with Gasteiger partial charge in [-0.1, -0.05) is 13.8 Å². The second kappa shape index (κ2) is 6.27. The van der Waals surface area contributed by atoms with Crippen LogP contribution in [0.5, 0.6) is 0 Å². The maximum Gasteiger partial charge on any atom is 0.221 e. The maximum atomic E-state index is 11.5. The molecule has 0 bridgehead atoms. The molecule has 5 nitrogen and oxygen atoms in total. The molecule has 0 saturated carbocycles. The Kier molecular flexibility index (Phi) is 4.98. The fourth-order valence-electron chi connectivity index (χ4n) is 1.28. The highest BCUT2D eigenvalue weighted by Crippen LogP contribution is 2.02. The zero-order valence-corrected chi connectivity index (χ0v) is 9.86. The molecular formula is C11H20N4O. The first-order valence-corrected chi connectivity index (χ1v) is 5.59. The third-order valence-electron chi connectivity index (χ3n) is 2.55. The van der Waals surface area contributed by atoms with Crippen LogP contribution in [-0.4, -0.2) is 28.5 Å². The average Bonchev–Trinajstić information content (AvgIpc) is 2.70. The molecular weight excluding hydrogens is 204 g/mol. The van der Waals surface area contributed by atoms with Gasteiger partial charge in [0, 0.05) is 37.3 Å². The quantitative estimate of drug-likeness (QED) is 0.655. The van der Waals surface area contributed by atoms with Crippen molar-refractivity contribution in [2.45, 2.75) is 32.7 Å². The molecule has 90 valence electrons. The zero-order valence-electron chi connectivity index (χ0n) is 9.86. The largest absolute Gasteiger partial charge is 0.356 e. The minimum absolute atomic E-state index is 0.0146. The van der Waals surface area contributed by atoms with E-state index in [9.17, 15) is 4.79 Å². The van der Waals surface area contributed by atoms with Gasteiger partial charge in [0.1, 0.15) is 0 Å². The lowest BCUT2D eigenvalue weighted by atomic mass is 10.0. The summed E-state index contributed by atoms with van der Waals surface area (Å²) >= 11 is 0. The van der Waals surface area contributed by atoms with Gasteiger partial charge in [-0.2, -0.15) is 0 Å². The van der Waals surface area contributed by atoms with Crippen LogP contribution >= 0.6 is 0 Å². The highest BCUT2D eigenvalue weighted by Gasteiger charge is 2.12. The molecule has 1 atom stereocenters. The molecule has 1 unspecified atom stereocenters. The van der Waals surface area contributed by atoms with Crippen LogP contribution in [0.3, 0.4) is 0 Å². The number of nitrogens with two attached hydrogens (primary N) is 1.